The van der Waals surface area contributed by atoms with Crippen molar-refractivity contribution in [3.63, 3.8) is 0 Å². The third-order valence-corrected chi connectivity index (χ3v) is 9.72. The highest BCUT2D eigenvalue weighted by Gasteiger charge is 2.41. The number of hydrogen-bond acceptors (Lipinski definition) is 1. The van der Waals surface area contributed by atoms with Gasteiger partial charge in [-0.1, -0.05) is 116 Å². The van der Waals surface area contributed by atoms with Gasteiger partial charge in [-0.3, -0.25) is 0 Å². The third-order valence-electron chi connectivity index (χ3n) is 6.47. The second kappa shape index (κ2) is 10.0. The van der Waals surface area contributed by atoms with Gasteiger partial charge in [0.15, 0.2) is 0 Å². The molecule has 2 heteroatoms. The Morgan fingerprint density at radius 1 is 0.472 bits per heavy atom. The maximum absolute atomic E-state index is 5.90. The summed E-state index contributed by atoms with van der Waals surface area (Å²) in [5.41, 5.74) is 13.4. The summed E-state index contributed by atoms with van der Waals surface area (Å²) in [6.45, 7) is 4.74. The molecule has 0 unspecified atom stereocenters. The lowest BCUT2D eigenvalue weighted by Crippen LogP contribution is -2.29. The molecule has 0 aliphatic carbocycles. The number of allylic oxidation sites excluding steroid dienone is 4. The van der Waals surface area contributed by atoms with Crippen LogP contribution in [0.3, 0.4) is 0 Å². The van der Waals surface area contributed by atoms with Crippen molar-refractivity contribution in [3.8, 4) is 23.7 Å². The number of benzene rings is 4. The Bertz CT molecular complexity index is 1570. The molecule has 1 heterocycles. The fraction of sp³-hybridized carbons (Fsp3) is 0.0588. The van der Waals surface area contributed by atoms with E-state index in [9.17, 15) is 0 Å². The van der Waals surface area contributed by atoms with Crippen molar-refractivity contribution < 1.29 is 0 Å². The van der Waals surface area contributed by atoms with Crippen molar-refractivity contribution in [3.05, 3.63) is 148 Å². The van der Waals surface area contributed by atoms with Crippen LogP contribution < -0.4 is 5.73 Å². The highest BCUT2D eigenvalue weighted by molar-refractivity contribution is 6.96. The number of hydrogen-bond donors (Lipinski definition) is 1. The molecule has 0 aromatic heterocycles. The molecular weight excluding hydrogens is 450 g/mol. The lowest BCUT2D eigenvalue weighted by Gasteiger charge is -2.18. The first-order valence-electron chi connectivity index (χ1n) is 12.1. The number of rotatable bonds is 2. The van der Waals surface area contributed by atoms with E-state index in [-0.39, 0.29) is 0 Å². The first kappa shape index (κ1) is 23.2. The molecule has 1 aliphatic heterocycles. The molecule has 0 spiro atoms. The molecule has 36 heavy (non-hydrogen) atoms. The van der Waals surface area contributed by atoms with Crippen molar-refractivity contribution in [1.82, 2.24) is 0 Å². The van der Waals surface area contributed by atoms with E-state index >= 15 is 0 Å². The van der Waals surface area contributed by atoms with Gasteiger partial charge in [0, 0.05) is 27.2 Å². The lowest BCUT2D eigenvalue weighted by molar-refractivity contribution is 1.58. The Kier molecular flexibility index (Phi) is 6.46. The summed E-state index contributed by atoms with van der Waals surface area (Å²) < 4.78 is 0. The maximum atomic E-state index is 5.90. The molecular formula is C34H27NSi. The van der Waals surface area contributed by atoms with Crippen LogP contribution in [0.25, 0.3) is 11.1 Å². The van der Waals surface area contributed by atoms with Gasteiger partial charge in [0.05, 0.1) is 0 Å². The van der Waals surface area contributed by atoms with Crippen LogP contribution in [-0.2, 0) is 0 Å². The number of anilines is 1. The van der Waals surface area contributed by atoms with Gasteiger partial charge in [-0.05, 0) is 58.7 Å². The van der Waals surface area contributed by atoms with E-state index in [1.54, 1.807) is 0 Å². The Labute approximate surface area is 215 Å². The van der Waals surface area contributed by atoms with Crippen molar-refractivity contribution in [2.24, 2.45) is 0 Å². The fourth-order valence-electron chi connectivity index (χ4n) is 4.58. The normalized spacial score (nSPS) is 14.1. The molecule has 172 valence electrons. The predicted octanol–water partition coefficient (Wildman–Crippen LogP) is 7.38. The van der Waals surface area contributed by atoms with Gasteiger partial charge in [0.25, 0.3) is 0 Å². The molecule has 5 rings (SSSR count). The van der Waals surface area contributed by atoms with E-state index in [0.717, 1.165) is 16.8 Å². The van der Waals surface area contributed by atoms with E-state index < -0.39 is 8.07 Å². The van der Waals surface area contributed by atoms with Crippen LogP contribution in [0.5, 0.6) is 0 Å². The minimum atomic E-state index is -2.22. The van der Waals surface area contributed by atoms with Crippen molar-refractivity contribution >= 4 is 24.9 Å². The summed E-state index contributed by atoms with van der Waals surface area (Å²) in [7, 11) is -2.22. The van der Waals surface area contributed by atoms with Crippen LogP contribution in [0.4, 0.5) is 5.69 Å². The zero-order valence-corrected chi connectivity index (χ0v) is 21.5. The first-order chi connectivity index (χ1) is 17.5. The maximum Gasteiger partial charge on any atom is 0.135 e. The molecule has 0 fully saturated rings. The smallest absolute Gasteiger partial charge is 0.135 e. The molecule has 0 atom stereocenters. The second-order valence-electron chi connectivity index (χ2n) is 9.35. The average molecular weight is 478 g/mol. The fourth-order valence-corrected chi connectivity index (χ4v) is 7.37. The predicted molar refractivity (Wildman–Crippen MR) is 155 cm³/mol. The zero-order chi connectivity index (χ0) is 25.0. The summed E-state index contributed by atoms with van der Waals surface area (Å²) in [4.78, 5) is 0. The standard InChI is InChI=1S/C34H27NSi/c1-36(2)31(24-20-26-12-6-3-7-13-26)33(28-14-8-4-9-15-28)34(29-16-10-5-11-17-29)32(36)25-21-27-18-22-30(35)23-19-27/h3-19,22-23H,35H2,1-2H3. The largest absolute Gasteiger partial charge is 0.399 e. The highest BCUT2D eigenvalue weighted by atomic mass is 28.3. The van der Waals surface area contributed by atoms with E-state index in [0.29, 0.717) is 0 Å². The van der Waals surface area contributed by atoms with E-state index in [4.69, 9.17) is 5.73 Å². The van der Waals surface area contributed by atoms with Gasteiger partial charge in [-0.2, -0.15) is 0 Å². The molecule has 0 saturated carbocycles. The summed E-state index contributed by atoms with van der Waals surface area (Å²) >= 11 is 0. The Hall–Kier alpha value is -4.50. The summed E-state index contributed by atoms with van der Waals surface area (Å²) in [6, 6.07) is 39.2. The molecule has 0 saturated heterocycles. The van der Waals surface area contributed by atoms with Crippen molar-refractivity contribution in [1.29, 1.82) is 0 Å². The van der Waals surface area contributed by atoms with Gasteiger partial charge in [0.2, 0.25) is 0 Å². The van der Waals surface area contributed by atoms with Crippen LogP contribution in [0, 0.1) is 23.7 Å². The first-order valence-corrected chi connectivity index (χ1v) is 15.1. The molecule has 0 radical (unpaired) electrons. The molecule has 1 nitrogen and oxygen atoms in total. The van der Waals surface area contributed by atoms with Crippen LogP contribution in [0.15, 0.2) is 126 Å². The van der Waals surface area contributed by atoms with Crippen LogP contribution in [-0.4, -0.2) is 8.07 Å². The van der Waals surface area contributed by atoms with E-state index in [1.807, 2.05) is 42.5 Å². The Balaban J connectivity index is 1.77. The molecule has 0 amide bonds. The van der Waals surface area contributed by atoms with E-state index in [2.05, 4.69) is 110 Å². The highest BCUT2D eigenvalue weighted by Crippen LogP contribution is 2.48. The van der Waals surface area contributed by atoms with Crippen molar-refractivity contribution in [2.75, 3.05) is 5.73 Å². The molecule has 4 aromatic carbocycles. The molecule has 2 N–H and O–H groups in total. The number of nitrogens with two attached hydrogens (primary N) is 1. The van der Waals surface area contributed by atoms with Gasteiger partial charge in [-0.15, -0.1) is 0 Å². The average Bonchev–Trinajstić information content (AvgIpc) is 3.14. The molecule has 4 aromatic rings. The molecule has 0 bridgehead atoms. The molecule has 1 aliphatic rings. The van der Waals surface area contributed by atoms with Gasteiger partial charge >= 0.3 is 0 Å². The quantitative estimate of drug-likeness (QED) is 0.182. The van der Waals surface area contributed by atoms with E-state index in [1.165, 1.54) is 32.7 Å². The monoisotopic (exact) mass is 477 g/mol. The third kappa shape index (κ3) is 4.69. The summed E-state index contributed by atoms with van der Waals surface area (Å²) in [6.07, 6.45) is 0. The minimum absolute atomic E-state index is 0.742. The minimum Gasteiger partial charge on any atom is -0.399 e. The Morgan fingerprint density at radius 2 is 0.861 bits per heavy atom. The topological polar surface area (TPSA) is 26.0 Å². The summed E-state index contributed by atoms with van der Waals surface area (Å²) in [5.74, 6) is 14.1. The summed E-state index contributed by atoms with van der Waals surface area (Å²) in [5, 5.41) is 2.43. The SMILES string of the molecule is C[Si]1(C)C(C#Cc2ccccc2)=C(c2ccccc2)C(c2ccccc2)=C1C#Cc1ccc(N)cc1. The lowest BCUT2D eigenvalue weighted by atomic mass is 9.91. The second-order valence-corrected chi connectivity index (χ2v) is 13.6. The Morgan fingerprint density at radius 3 is 1.31 bits per heavy atom. The van der Waals surface area contributed by atoms with Crippen molar-refractivity contribution in [2.45, 2.75) is 13.1 Å². The van der Waals surface area contributed by atoms with Gasteiger partial charge in [0.1, 0.15) is 8.07 Å². The zero-order valence-electron chi connectivity index (χ0n) is 20.5. The van der Waals surface area contributed by atoms with Gasteiger partial charge in [-0.25, -0.2) is 0 Å². The number of nitrogen functional groups attached to an aromatic ring is 1. The van der Waals surface area contributed by atoms with Crippen LogP contribution >= 0.6 is 0 Å². The van der Waals surface area contributed by atoms with Crippen LogP contribution in [0.2, 0.25) is 13.1 Å². The van der Waals surface area contributed by atoms with Crippen LogP contribution in [0.1, 0.15) is 22.3 Å². The van der Waals surface area contributed by atoms with Gasteiger partial charge < -0.3 is 5.73 Å².